The van der Waals surface area contributed by atoms with E-state index in [0.29, 0.717) is 0 Å². The quantitative estimate of drug-likeness (QED) is 0.503. The number of carboxylic acid groups (broad SMARTS) is 1. The van der Waals surface area contributed by atoms with Crippen LogP contribution in [0.1, 0.15) is 48.4 Å². The van der Waals surface area contributed by atoms with E-state index in [-0.39, 0.29) is 22.4 Å². The molecule has 2 aliphatic rings. The number of fused-ring (bicyclic) bond motifs is 1. The molecule has 1 fully saturated rings. The molecule has 3 atom stereocenters. The van der Waals surface area contributed by atoms with Gasteiger partial charge in [0.1, 0.15) is 0 Å². The summed E-state index contributed by atoms with van der Waals surface area (Å²) in [5.41, 5.74) is -3.11. The summed E-state index contributed by atoms with van der Waals surface area (Å²) in [5, 5.41) is 7.48. The number of carboxylic acids is 1. The van der Waals surface area contributed by atoms with E-state index in [4.69, 9.17) is 14.6 Å². The van der Waals surface area contributed by atoms with Crippen molar-refractivity contribution >= 4 is 33.5 Å². The van der Waals surface area contributed by atoms with Crippen LogP contribution in [0.5, 0.6) is 0 Å². The lowest BCUT2D eigenvalue weighted by Crippen LogP contribution is -2.72. The third kappa shape index (κ3) is 3.61. The number of β-lactam (4-membered cyclic amide) rings is 1. The van der Waals surface area contributed by atoms with E-state index in [2.05, 4.69) is 0 Å². The van der Waals surface area contributed by atoms with Gasteiger partial charge in [0.05, 0.1) is 16.8 Å². The van der Waals surface area contributed by atoms with E-state index in [0.717, 1.165) is 4.90 Å². The van der Waals surface area contributed by atoms with E-state index >= 15 is 0 Å². The number of rotatable bonds is 5. The zero-order valence-electron chi connectivity index (χ0n) is 18.1. The van der Waals surface area contributed by atoms with E-state index in [9.17, 15) is 27.6 Å². The van der Waals surface area contributed by atoms with Gasteiger partial charge in [-0.25, -0.2) is 18.0 Å². The van der Waals surface area contributed by atoms with Crippen LogP contribution in [0.4, 0.5) is 0 Å². The first kappa shape index (κ1) is 23.6. The molecule has 32 heavy (non-hydrogen) atoms. The summed E-state index contributed by atoms with van der Waals surface area (Å²) in [5.74, 6) is -3.36. The number of nitrogens with zero attached hydrogens (tertiary/aromatic N) is 1. The number of sulfone groups is 1. The Morgan fingerprint density at radius 3 is 2.06 bits per heavy atom. The number of esters is 1. The predicted molar refractivity (Wildman–Crippen MR) is 110 cm³/mol. The molecule has 11 heteroatoms. The Labute approximate surface area is 184 Å². The number of aromatic carboxylic acids is 1. The molecule has 1 aromatic carbocycles. The molecule has 0 aliphatic carbocycles. The Morgan fingerprint density at radius 1 is 1.06 bits per heavy atom. The molecule has 0 spiro atoms. The van der Waals surface area contributed by atoms with Crippen molar-refractivity contribution in [3.05, 3.63) is 46.7 Å². The standard InChI is InChI=1S/C21H23NO9S/c1-10-13(15(23)21(2,3)4)22-16(24)14(30-5)17(22)32(28,29)20(10)31-19(27)12-8-6-11(7-9-12)18(25)26/h6-9,14,17,20H,1-5H3,(H,25,26)/t14-,17-,20?/m0/s1. The van der Waals surface area contributed by atoms with Crippen LogP contribution in [-0.2, 0) is 28.9 Å². The van der Waals surface area contributed by atoms with Crippen LogP contribution in [0.2, 0.25) is 0 Å². The van der Waals surface area contributed by atoms with Gasteiger partial charge in [-0.3, -0.25) is 14.5 Å². The van der Waals surface area contributed by atoms with E-state index in [1.807, 2.05) is 0 Å². The SMILES string of the molecule is CO[C@H]1C(=O)N2C(C(=O)C(C)(C)C)=C(C)C(OC(=O)c3ccc(C(=O)O)cc3)S(=O)(=O)[C@@H]12. The first-order valence-corrected chi connectivity index (χ1v) is 11.2. The molecule has 1 unspecified atom stereocenters. The maximum atomic E-state index is 13.3. The number of ketones is 1. The van der Waals surface area contributed by atoms with Gasteiger partial charge in [-0.2, -0.15) is 0 Å². The first-order valence-electron chi connectivity index (χ1n) is 9.62. The summed E-state index contributed by atoms with van der Waals surface area (Å²) in [7, 11) is -3.13. The number of carbonyl (C=O) groups excluding carboxylic acids is 3. The van der Waals surface area contributed by atoms with Crippen LogP contribution in [-0.4, -0.2) is 66.1 Å². The second-order valence-corrected chi connectivity index (χ2v) is 10.7. The van der Waals surface area contributed by atoms with Crippen LogP contribution in [0.3, 0.4) is 0 Å². The number of carbonyl (C=O) groups is 4. The Balaban J connectivity index is 2.06. The molecule has 2 aliphatic heterocycles. The largest absolute Gasteiger partial charge is 0.478 e. The Morgan fingerprint density at radius 2 is 1.59 bits per heavy atom. The number of hydrogen-bond donors (Lipinski definition) is 1. The Bertz CT molecular complexity index is 1140. The molecule has 3 rings (SSSR count). The highest BCUT2D eigenvalue weighted by atomic mass is 32.2. The number of ether oxygens (including phenoxy) is 2. The molecule has 2 heterocycles. The summed E-state index contributed by atoms with van der Waals surface area (Å²) in [6.07, 6.45) is -1.33. The lowest BCUT2D eigenvalue weighted by atomic mass is 9.85. The highest BCUT2D eigenvalue weighted by Gasteiger charge is 2.64. The maximum absolute atomic E-state index is 13.3. The number of allylic oxidation sites excluding steroid dienone is 1. The van der Waals surface area contributed by atoms with Crippen molar-refractivity contribution in [2.75, 3.05) is 7.11 Å². The van der Waals surface area contributed by atoms with Crippen LogP contribution < -0.4 is 0 Å². The van der Waals surface area contributed by atoms with Crippen molar-refractivity contribution in [3.63, 3.8) is 0 Å². The van der Waals surface area contributed by atoms with Crippen molar-refractivity contribution in [1.29, 1.82) is 0 Å². The van der Waals surface area contributed by atoms with Gasteiger partial charge in [-0.05, 0) is 31.2 Å². The van der Waals surface area contributed by atoms with E-state index in [1.54, 1.807) is 20.8 Å². The highest BCUT2D eigenvalue weighted by molar-refractivity contribution is 7.93. The average molecular weight is 465 g/mol. The van der Waals surface area contributed by atoms with Crippen LogP contribution in [0, 0.1) is 5.41 Å². The van der Waals surface area contributed by atoms with Crippen molar-refractivity contribution < 1.29 is 42.2 Å². The Hall–Kier alpha value is -3.05. The van der Waals surface area contributed by atoms with Gasteiger partial charge >= 0.3 is 11.9 Å². The van der Waals surface area contributed by atoms with Crippen LogP contribution >= 0.6 is 0 Å². The lowest BCUT2D eigenvalue weighted by Gasteiger charge is -2.50. The lowest BCUT2D eigenvalue weighted by molar-refractivity contribution is -0.161. The second-order valence-electron chi connectivity index (χ2n) is 8.57. The minimum absolute atomic E-state index is 0.0625. The zero-order chi connectivity index (χ0) is 24.2. The van der Waals surface area contributed by atoms with Crippen LogP contribution in [0.15, 0.2) is 35.5 Å². The molecule has 0 aromatic heterocycles. The second kappa shape index (κ2) is 7.82. The Kier molecular flexibility index (Phi) is 5.77. The van der Waals surface area contributed by atoms with Crippen LogP contribution in [0.25, 0.3) is 0 Å². The van der Waals surface area contributed by atoms with E-state index in [1.165, 1.54) is 38.3 Å². The van der Waals surface area contributed by atoms with E-state index < -0.39 is 55.8 Å². The third-order valence-corrected chi connectivity index (χ3v) is 7.51. The van der Waals surface area contributed by atoms with Crippen molar-refractivity contribution in [1.82, 2.24) is 4.90 Å². The monoisotopic (exact) mass is 465 g/mol. The maximum Gasteiger partial charge on any atom is 0.339 e. The number of benzene rings is 1. The summed E-state index contributed by atoms with van der Waals surface area (Å²) in [4.78, 5) is 50.2. The molecule has 10 nitrogen and oxygen atoms in total. The molecule has 1 aromatic rings. The molecule has 1 N–H and O–H groups in total. The number of hydrogen-bond acceptors (Lipinski definition) is 8. The fourth-order valence-corrected chi connectivity index (χ4v) is 5.75. The van der Waals surface area contributed by atoms with Gasteiger partial charge in [-0.15, -0.1) is 0 Å². The molecule has 1 saturated heterocycles. The fraction of sp³-hybridized carbons (Fsp3) is 0.429. The minimum Gasteiger partial charge on any atom is -0.478 e. The van der Waals surface area contributed by atoms with Crippen molar-refractivity contribution in [2.24, 2.45) is 5.41 Å². The van der Waals surface area contributed by atoms with Gasteiger partial charge < -0.3 is 14.6 Å². The minimum atomic E-state index is -4.31. The summed E-state index contributed by atoms with van der Waals surface area (Å²) < 4.78 is 36.8. The fourth-order valence-electron chi connectivity index (χ4n) is 3.60. The molecule has 0 radical (unpaired) electrons. The summed E-state index contributed by atoms with van der Waals surface area (Å²) >= 11 is 0. The zero-order valence-corrected chi connectivity index (χ0v) is 18.9. The molecular formula is C21H23NO9S. The van der Waals surface area contributed by atoms with Crippen molar-refractivity contribution in [3.8, 4) is 0 Å². The third-order valence-electron chi connectivity index (χ3n) is 5.33. The van der Waals surface area contributed by atoms with Gasteiger partial charge in [0.15, 0.2) is 17.3 Å². The number of Topliss-reactive ketones (excluding diaryl/α,β-unsaturated/α-hetero) is 1. The molecule has 1 amide bonds. The highest BCUT2D eigenvalue weighted by Crippen LogP contribution is 2.43. The molecule has 0 bridgehead atoms. The predicted octanol–water partition coefficient (Wildman–Crippen LogP) is 1.37. The van der Waals surface area contributed by atoms with Gasteiger partial charge in [0.25, 0.3) is 5.91 Å². The number of methoxy groups -OCH3 is 1. The molecule has 0 saturated carbocycles. The van der Waals surface area contributed by atoms with Gasteiger partial charge in [-0.1, -0.05) is 20.8 Å². The molecule has 172 valence electrons. The summed E-state index contributed by atoms with van der Waals surface area (Å²) in [6, 6.07) is 4.74. The van der Waals surface area contributed by atoms with Crippen molar-refractivity contribution in [2.45, 2.75) is 44.6 Å². The van der Waals surface area contributed by atoms with Gasteiger partial charge in [0.2, 0.25) is 15.3 Å². The van der Waals surface area contributed by atoms with Gasteiger partial charge in [0, 0.05) is 18.1 Å². The first-order chi connectivity index (χ1) is 14.7. The topological polar surface area (TPSA) is 144 Å². The smallest absolute Gasteiger partial charge is 0.339 e. The summed E-state index contributed by atoms with van der Waals surface area (Å²) in [6.45, 7) is 6.19. The molecular weight excluding hydrogens is 442 g/mol. The average Bonchev–Trinajstić information content (AvgIpc) is 2.70. The normalized spacial score (nSPS) is 24.5. The number of amides is 1.